The third kappa shape index (κ3) is 5.40. The molecule has 3 heteroatoms. The first-order chi connectivity index (χ1) is 27.2. The lowest BCUT2D eigenvalue weighted by molar-refractivity contribution is 0.669. The van der Waals surface area contributed by atoms with Crippen LogP contribution in [0.4, 0.5) is 17.1 Å². The SMILES string of the molecule is c1ccc(-c2ccc(N(c3ccc(-c4ccc5sc6ccccc6c5c4-c4ccc5ccccc5c4)cc3)c3ccc4c(c3)oc3ccccc34)cc2)cc1. The van der Waals surface area contributed by atoms with Gasteiger partial charge in [-0.2, -0.15) is 0 Å². The van der Waals surface area contributed by atoms with Crippen LogP contribution in [0.3, 0.4) is 0 Å². The molecule has 55 heavy (non-hydrogen) atoms. The molecule has 2 aromatic heterocycles. The van der Waals surface area contributed by atoms with Crippen LogP contribution in [-0.2, 0) is 0 Å². The van der Waals surface area contributed by atoms with Gasteiger partial charge >= 0.3 is 0 Å². The van der Waals surface area contributed by atoms with E-state index in [9.17, 15) is 0 Å². The van der Waals surface area contributed by atoms with Crippen LogP contribution in [0.2, 0.25) is 0 Å². The lowest BCUT2D eigenvalue weighted by Gasteiger charge is -2.26. The van der Waals surface area contributed by atoms with Gasteiger partial charge in [0.2, 0.25) is 0 Å². The Kier molecular flexibility index (Phi) is 7.39. The molecule has 2 heterocycles. The summed E-state index contributed by atoms with van der Waals surface area (Å²) in [7, 11) is 0. The zero-order valence-corrected chi connectivity index (χ0v) is 30.6. The van der Waals surface area contributed by atoms with Crippen LogP contribution < -0.4 is 4.90 Å². The van der Waals surface area contributed by atoms with E-state index < -0.39 is 0 Å². The van der Waals surface area contributed by atoms with E-state index in [-0.39, 0.29) is 0 Å². The van der Waals surface area contributed by atoms with Gasteiger partial charge < -0.3 is 9.32 Å². The van der Waals surface area contributed by atoms with E-state index in [4.69, 9.17) is 4.42 Å². The fourth-order valence-electron chi connectivity index (χ4n) is 8.23. The van der Waals surface area contributed by atoms with Crippen LogP contribution in [0.15, 0.2) is 205 Å². The van der Waals surface area contributed by atoms with Gasteiger partial charge in [-0.15, -0.1) is 11.3 Å². The summed E-state index contributed by atoms with van der Waals surface area (Å²) in [6, 6.07) is 72.2. The van der Waals surface area contributed by atoms with Gasteiger partial charge in [-0.3, -0.25) is 0 Å². The molecule has 0 fully saturated rings. The lowest BCUT2D eigenvalue weighted by atomic mass is 9.89. The van der Waals surface area contributed by atoms with Gasteiger partial charge in [-0.05, 0) is 105 Å². The number of hydrogen-bond acceptors (Lipinski definition) is 3. The molecular weight excluding hydrogens is 687 g/mol. The second-order valence-corrected chi connectivity index (χ2v) is 15.2. The third-order valence-corrected chi connectivity index (χ3v) is 12.0. The number of anilines is 3. The first kappa shape index (κ1) is 31.6. The van der Waals surface area contributed by atoms with Crippen molar-refractivity contribution in [2.24, 2.45) is 0 Å². The minimum absolute atomic E-state index is 0.873. The van der Waals surface area contributed by atoms with Gasteiger partial charge in [0.25, 0.3) is 0 Å². The molecule has 0 aliphatic heterocycles. The second kappa shape index (κ2) is 12.9. The van der Waals surface area contributed by atoms with Gasteiger partial charge in [-0.25, -0.2) is 0 Å². The molecule has 0 aliphatic rings. The van der Waals surface area contributed by atoms with Crippen molar-refractivity contribution >= 4 is 81.3 Å². The first-order valence-electron chi connectivity index (χ1n) is 18.7. The molecule has 0 saturated heterocycles. The molecule has 0 N–H and O–H groups in total. The summed E-state index contributed by atoms with van der Waals surface area (Å²) < 4.78 is 8.99. The Morgan fingerprint density at radius 1 is 0.364 bits per heavy atom. The van der Waals surface area contributed by atoms with Crippen molar-refractivity contribution in [2.45, 2.75) is 0 Å². The minimum atomic E-state index is 0.873. The van der Waals surface area contributed by atoms with Crippen molar-refractivity contribution in [3.8, 4) is 33.4 Å². The van der Waals surface area contributed by atoms with E-state index >= 15 is 0 Å². The van der Waals surface area contributed by atoms with E-state index in [1.807, 2.05) is 23.5 Å². The van der Waals surface area contributed by atoms with Crippen molar-refractivity contribution in [1.29, 1.82) is 0 Å². The van der Waals surface area contributed by atoms with Crippen LogP contribution in [0, 0.1) is 0 Å². The van der Waals surface area contributed by atoms with Crippen molar-refractivity contribution in [3.63, 3.8) is 0 Å². The predicted molar refractivity (Wildman–Crippen MR) is 235 cm³/mol. The number of para-hydroxylation sites is 1. The monoisotopic (exact) mass is 719 g/mol. The Labute approximate surface area is 322 Å². The highest BCUT2D eigenvalue weighted by atomic mass is 32.1. The van der Waals surface area contributed by atoms with E-state index in [0.29, 0.717) is 0 Å². The fraction of sp³-hybridized carbons (Fsp3) is 0. The van der Waals surface area contributed by atoms with Crippen molar-refractivity contribution < 1.29 is 4.42 Å². The Morgan fingerprint density at radius 3 is 1.80 bits per heavy atom. The molecule has 9 aromatic carbocycles. The highest BCUT2D eigenvalue weighted by molar-refractivity contribution is 7.26. The summed E-state index contributed by atoms with van der Waals surface area (Å²) in [6.45, 7) is 0. The standard InChI is InChI=1S/C52H33NOS/c1-2-10-34(11-3-1)36-20-24-40(25-21-36)53(42-28-29-45-44-14-6-8-16-47(44)54-48(45)33-42)41-26-22-37(23-27-41)43-30-31-50-52(46-15-7-9-17-49(46)55-50)51(43)39-19-18-35-12-4-5-13-38(35)32-39/h1-33H. The largest absolute Gasteiger partial charge is 0.456 e. The van der Waals surface area contributed by atoms with Gasteiger partial charge in [0, 0.05) is 54.1 Å². The molecule has 11 aromatic rings. The summed E-state index contributed by atoms with van der Waals surface area (Å²) in [5, 5.41) is 7.36. The molecule has 0 spiro atoms. The quantitative estimate of drug-likeness (QED) is 0.170. The third-order valence-electron chi connectivity index (χ3n) is 10.9. The summed E-state index contributed by atoms with van der Waals surface area (Å²) in [5.41, 5.74) is 12.2. The molecule has 0 saturated carbocycles. The van der Waals surface area contributed by atoms with Gasteiger partial charge in [0.05, 0.1) is 0 Å². The van der Waals surface area contributed by atoms with E-state index in [0.717, 1.165) is 39.0 Å². The summed E-state index contributed by atoms with van der Waals surface area (Å²) in [4.78, 5) is 2.32. The molecule has 2 nitrogen and oxygen atoms in total. The van der Waals surface area contributed by atoms with Crippen molar-refractivity contribution in [3.05, 3.63) is 200 Å². The van der Waals surface area contributed by atoms with Crippen molar-refractivity contribution in [1.82, 2.24) is 0 Å². The maximum atomic E-state index is 6.38. The average Bonchev–Trinajstić information content (AvgIpc) is 3.82. The molecule has 0 atom stereocenters. The van der Waals surface area contributed by atoms with Crippen LogP contribution >= 0.6 is 11.3 Å². The molecule has 0 bridgehead atoms. The van der Waals surface area contributed by atoms with Crippen LogP contribution in [0.25, 0.3) is 86.3 Å². The number of hydrogen-bond donors (Lipinski definition) is 0. The van der Waals surface area contributed by atoms with Gasteiger partial charge in [0.1, 0.15) is 11.2 Å². The predicted octanol–water partition coefficient (Wildman–Crippen LogP) is 15.6. The number of benzene rings is 9. The molecule has 11 rings (SSSR count). The van der Waals surface area contributed by atoms with E-state index in [1.165, 1.54) is 64.3 Å². The van der Waals surface area contributed by atoms with Gasteiger partial charge in [-0.1, -0.05) is 133 Å². The lowest BCUT2D eigenvalue weighted by Crippen LogP contribution is -2.09. The first-order valence-corrected chi connectivity index (χ1v) is 19.5. The minimum Gasteiger partial charge on any atom is -0.456 e. The smallest absolute Gasteiger partial charge is 0.137 e. The second-order valence-electron chi connectivity index (χ2n) is 14.1. The zero-order valence-electron chi connectivity index (χ0n) is 29.8. The number of thiophene rings is 1. The molecule has 258 valence electrons. The molecule has 0 aliphatic carbocycles. The highest BCUT2D eigenvalue weighted by Gasteiger charge is 2.19. The van der Waals surface area contributed by atoms with E-state index in [2.05, 4.69) is 193 Å². The van der Waals surface area contributed by atoms with Crippen LogP contribution in [-0.4, -0.2) is 0 Å². The zero-order chi connectivity index (χ0) is 36.3. The fourth-order valence-corrected chi connectivity index (χ4v) is 9.34. The number of rotatable bonds is 6. The number of furan rings is 1. The number of nitrogens with zero attached hydrogens (tertiary/aromatic N) is 1. The summed E-state index contributed by atoms with van der Waals surface area (Å²) in [6.07, 6.45) is 0. The number of fused-ring (bicyclic) bond motifs is 7. The highest BCUT2D eigenvalue weighted by Crippen LogP contribution is 2.46. The topological polar surface area (TPSA) is 16.4 Å². The molecular formula is C52H33NOS. The van der Waals surface area contributed by atoms with Crippen molar-refractivity contribution in [2.75, 3.05) is 4.90 Å². The Morgan fingerprint density at radius 2 is 0.982 bits per heavy atom. The summed E-state index contributed by atoms with van der Waals surface area (Å²) >= 11 is 1.87. The molecule has 0 radical (unpaired) electrons. The Hall–Kier alpha value is -6.94. The molecule has 0 amide bonds. The normalized spacial score (nSPS) is 11.6. The Balaban J connectivity index is 1.07. The van der Waals surface area contributed by atoms with Crippen LogP contribution in [0.1, 0.15) is 0 Å². The maximum Gasteiger partial charge on any atom is 0.137 e. The van der Waals surface area contributed by atoms with Gasteiger partial charge in [0.15, 0.2) is 0 Å². The van der Waals surface area contributed by atoms with Crippen LogP contribution in [0.5, 0.6) is 0 Å². The maximum absolute atomic E-state index is 6.38. The molecule has 0 unspecified atom stereocenters. The average molecular weight is 720 g/mol. The Bertz CT molecular complexity index is 3190. The van der Waals surface area contributed by atoms with E-state index in [1.54, 1.807) is 0 Å². The summed E-state index contributed by atoms with van der Waals surface area (Å²) in [5.74, 6) is 0.